The van der Waals surface area contributed by atoms with E-state index >= 15 is 0 Å². The van der Waals surface area contributed by atoms with Crippen LogP contribution >= 0.6 is 0 Å². The molecular formula is C8H14N4O3. The molecule has 1 heterocycles. The first kappa shape index (κ1) is 11.6. The second-order valence-corrected chi connectivity index (χ2v) is 3.14. The monoisotopic (exact) mass is 214 g/mol. The number of nitrogens with two attached hydrogens (primary N) is 1. The van der Waals surface area contributed by atoms with Crippen molar-refractivity contribution in [3.8, 4) is 0 Å². The van der Waals surface area contributed by atoms with Gasteiger partial charge in [0.25, 0.3) is 0 Å². The highest BCUT2D eigenvalue weighted by Crippen LogP contribution is 2.09. The first-order chi connectivity index (χ1) is 7.10. The summed E-state index contributed by atoms with van der Waals surface area (Å²) < 4.78 is 5.94. The molecule has 0 fully saturated rings. The highest BCUT2D eigenvalue weighted by atomic mass is 16.5. The average Bonchev–Trinajstić information content (AvgIpc) is 2.74. The maximum absolute atomic E-state index is 11.1. The van der Waals surface area contributed by atoms with Crippen LogP contribution in [-0.4, -0.2) is 39.2 Å². The summed E-state index contributed by atoms with van der Waals surface area (Å²) in [6.45, 7) is 1.53. The molecule has 15 heavy (non-hydrogen) atoms. The fourth-order valence-electron chi connectivity index (χ4n) is 1.08. The van der Waals surface area contributed by atoms with Gasteiger partial charge in [-0.3, -0.25) is 4.79 Å². The summed E-state index contributed by atoms with van der Waals surface area (Å²) in [5.41, 5.74) is 6.06. The van der Waals surface area contributed by atoms with E-state index in [-0.39, 0.29) is 12.6 Å². The molecule has 7 nitrogen and oxygen atoms in total. The lowest BCUT2D eigenvalue weighted by atomic mass is 10.1. The number of hydrogen-bond acceptors (Lipinski definition) is 6. The molecule has 0 aromatic carbocycles. The molecule has 0 aliphatic carbocycles. The molecule has 0 saturated carbocycles. The van der Waals surface area contributed by atoms with Crippen LogP contribution in [0.2, 0.25) is 0 Å². The zero-order chi connectivity index (χ0) is 11.4. The molecule has 0 amide bonds. The zero-order valence-corrected chi connectivity index (χ0v) is 8.62. The van der Waals surface area contributed by atoms with Crippen molar-refractivity contribution < 1.29 is 14.6 Å². The molecule has 7 heteroatoms. The standard InChI is InChI=1S/C8H14N4O3/c1-5(7(9)8(14)15-2)12-3-6(4-13)10-11-12/h3,5,7,13H,4,9H2,1-2H3/t5-,7-/m1/s1. The molecule has 84 valence electrons. The zero-order valence-electron chi connectivity index (χ0n) is 8.62. The Bertz CT molecular complexity index is 338. The van der Waals surface area contributed by atoms with Gasteiger partial charge < -0.3 is 15.6 Å². The highest BCUT2D eigenvalue weighted by molar-refractivity contribution is 5.75. The van der Waals surface area contributed by atoms with E-state index in [9.17, 15) is 4.79 Å². The Balaban J connectivity index is 2.75. The number of nitrogens with zero attached hydrogens (tertiary/aromatic N) is 3. The predicted molar refractivity (Wildman–Crippen MR) is 50.6 cm³/mol. The number of aliphatic hydroxyl groups is 1. The Morgan fingerprint density at radius 2 is 2.47 bits per heavy atom. The largest absolute Gasteiger partial charge is 0.468 e. The molecular weight excluding hydrogens is 200 g/mol. The van der Waals surface area contributed by atoms with Crippen molar-refractivity contribution in [1.82, 2.24) is 15.0 Å². The number of carbonyl (C=O) groups is 1. The first-order valence-electron chi connectivity index (χ1n) is 4.45. The van der Waals surface area contributed by atoms with Gasteiger partial charge >= 0.3 is 5.97 Å². The Morgan fingerprint density at radius 3 is 2.93 bits per heavy atom. The van der Waals surface area contributed by atoms with Crippen LogP contribution in [0.1, 0.15) is 18.7 Å². The molecule has 3 N–H and O–H groups in total. The van der Waals surface area contributed by atoms with Gasteiger partial charge in [0.1, 0.15) is 11.7 Å². The topological polar surface area (TPSA) is 103 Å². The van der Waals surface area contributed by atoms with E-state index in [0.717, 1.165) is 0 Å². The number of aliphatic hydroxyl groups excluding tert-OH is 1. The van der Waals surface area contributed by atoms with Crippen molar-refractivity contribution in [2.24, 2.45) is 5.73 Å². The number of ether oxygens (including phenoxy) is 1. The summed E-state index contributed by atoms with van der Waals surface area (Å²) in [5.74, 6) is -0.511. The van der Waals surface area contributed by atoms with Crippen LogP contribution in [0, 0.1) is 0 Å². The summed E-state index contributed by atoms with van der Waals surface area (Å²) >= 11 is 0. The summed E-state index contributed by atoms with van der Waals surface area (Å²) in [4.78, 5) is 11.1. The van der Waals surface area contributed by atoms with Crippen molar-refractivity contribution in [2.75, 3.05) is 7.11 Å². The summed E-state index contributed by atoms with van der Waals surface area (Å²) in [6, 6.07) is -1.17. The van der Waals surface area contributed by atoms with E-state index in [1.807, 2.05) is 0 Å². The maximum Gasteiger partial charge on any atom is 0.324 e. The van der Waals surface area contributed by atoms with E-state index < -0.39 is 12.0 Å². The average molecular weight is 214 g/mol. The van der Waals surface area contributed by atoms with Gasteiger partial charge in [-0.15, -0.1) is 5.10 Å². The van der Waals surface area contributed by atoms with Crippen molar-refractivity contribution in [2.45, 2.75) is 25.6 Å². The van der Waals surface area contributed by atoms with Crippen molar-refractivity contribution in [3.63, 3.8) is 0 Å². The number of esters is 1. The number of carbonyl (C=O) groups excluding carboxylic acids is 1. The number of rotatable bonds is 4. The minimum atomic E-state index is -0.803. The van der Waals surface area contributed by atoms with E-state index in [4.69, 9.17) is 10.8 Å². The molecule has 0 radical (unpaired) electrons. The summed E-state index contributed by atoms with van der Waals surface area (Å²) in [6.07, 6.45) is 1.54. The Morgan fingerprint density at radius 1 is 1.80 bits per heavy atom. The molecule has 0 saturated heterocycles. The van der Waals surface area contributed by atoms with Crippen LogP contribution in [-0.2, 0) is 16.1 Å². The molecule has 0 bridgehead atoms. The third kappa shape index (κ3) is 2.51. The molecule has 0 unspecified atom stereocenters. The van der Waals surface area contributed by atoms with Gasteiger partial charge in [0.2, 0.25) is 0 Å². The molecule has 0 aliphatic rings. The SMILES string of the molecule is COC(=O)[C@H](N)[C@@H](C)n1cc(CO)nn1. The van der Waals surface area contributed by atoms with E-state index in [2.05, 4.69) is 15.0 Å². The van der Waals surface area contributed by atoms with E-state index in [1.54, 1.807) is 6.92 Å². The van der Waals surface area contributed by atoms with Crippen LogP contribution in [0.25, 0.3) is 0 Å². The lowest BCUT2D eigenvalue weighted by Gasteiger charge is -2.16. The van der Waals surface area contributed by atoms with Crippen LogP contribution in [0.4, 0.5) is 0 Å². The van der Waals surface area contributed by atoms with Gasteiger partial charge in [-0.1, -0.05) is 5.21 Å². The number of hydrogen-bond donors (Lipinski definition) is 2. The minimum absolute atomic E-state index is 0.194. The second-order valence-electron chi connectivity index (χ2n) is 3.14. The molecule has 1 aromatic rings. The quantitative estimate of drug-likeness (QED) is 0.612. The Labute approximate surface area is 86.8 Å². The lowest BCUT2D eigenvalue weighted by Crippen LogP contribution is -2.39. The van der Waals surface area contributed by atoms with Gasteiger partial charge in [-0.05, 0) is 6.92 Å². The molecule has 0 aliphatic heterocycles. The number of aromatic nitrogens is 3. The third-order valence-electron chi connectivity index (χ3n) is 2.13. The van der Waals surface area contributed by atoms with Gasteiger partial charge in [0.05, 0.1) is 26.0 Å². The second kappa shape index (κ2) is 4.85. The van der Waals surface area contributed by atoms with Crippen LogP contribution in [0.5, 0.6) is 0 Å². The Kier molecular flexibility index (Phi) is 3.75. The smallest absolute Gasteiger partial charge is 0.324 e. The maximum atomic E-state index is 11.1. The summed E-state index contributed by atoms with van der Waals surface area (Å²) in [7, 11) is 1.27. The van der Waals surface area contributed by atoms with Crippen molar-refractivity contribution in [3.05, 3.63) is 11.9 Å². The van der Waals surface area contributed by atoms with Gasteiger partial charge in [0.15, 0.2) is 0 Å². The third-order valence-corrected chi connectivity index (χ3v) is 2.13. The lowest BCUT2D eigenvalue weighted by molar-refractivity contribution is -0.143. The molecule has 2 atom stereocenters. The van der Waals surface area contributed by atoms with Crippen LogP contribution < -0.4 is 5.73 Å². The fraction of sp³-hybridized carbons (Fsp3) is 0.625. The number of methoxy groups -OCH3 is 1. The van der Waals surface area contributed by atoms with Gasteiger partial charge in [-0.25, -0.2) is 4.68 Å². The van der Waals surface area contributed by atoms with Crippen molar-refractivity contribution in [1.29, 1.82) is 0 Å². The van der Waals surface area contributed by atoms with E-state index in [1.165, 1.54) is 18.0 Å². The van der Waals surface area contributed by atoms with Gasteiger partial charge in [0, 0.05) is 0 Å². The van der Waals surface area contributed by atoms with Crippen LogP contribution in [0.3, 0.4) is 0 Å². The normalized spacial score (nSPS) is 14.7. The fourth-order valence-corrected chi connectivity index (χ4v) is 1.08. The Hall–Kier alpha value is -1.47. The first-order valence-corrected chi connectivity index (χ1v) is 4.45. The molecule has 0 spiro atoms. The van der Waals surface area contributed by atoms with Crippen LogP contribution in [0.15, 0.2) is 6.20 Å². The summed E-state index contributed by atoms with van der Waals surface area (Å²) in [5, 5.41) is 16.2. The molecule has 1 aromatic heterocycles. The molecule has 1 rings (SSSR count). The highest BCUT2D eigenvalue weighted by Gasteiger charge is 2.23. The minimum Gasteiger partial charge on any atom is -0.468 e. The van der Waals surface area contributed by atoms with Gasteiger partial charge in [-0.2, -0.15) is 0 Å². The predicted octanol–water partition coefficient (Wildman–Crippen LogP) is -1.17. The van der Waals surface area contributed by atoms with E-state index in [0.29, 0.717) is 5.69 Å². The van der Waals surface area contributed by atoms with Crippen molar-refractivity contribution >= 4 is 5.97 Å².